The van der Waals surface area contributed by atoms with Crippen LogP contribution in [0.5, 0.6) is 0 Å². The molecule has 0 unspecified atom stereocenters. The first-order chi connectivity index (χ1) is 10.5. The van der Waals surface area contributed by atoms with Crippen LogP contribution in [0.15, 0.2) is 21.2 Å². The van der Waals surface area contributed by atoms with Crippen molar-refractivity contribution >= 4 is 43.3 Å². The summed E-state index contributed by atoms with van der Waals surface area (Å²) in [7, 11) is 0. The van der Waals surface area contributed by atoms with E-state index in [-0.39, 0.29) is 11.0 Å². The molecular weight excluding hydrogens is 418 g/mol. The van der Waals surface area contributed by atoms with Crippen LogP contribution in [0.3, 0.4) is 0 Å². The number of rotatable bonds is 5. The SMILES string of the molecule is CCCc1nc2c(Br)cc(Br)cn2c1NC(C)(C)CC(C)(C)C. The van der Waals surface area contributed by atoms with Crippen molar-refractivity contribution in [3.05, 3.63) is 26.9 Å². The number of fused-ring (bicyclic) bond motifs is 1. The minimum Gasteiger partial charge on any atom is -0.365 e. The highest BCUT2D eigenvalue weighted by molar-refractivity contribution is 9.11. The monoisotopic (exact) mass is 443 g/mol. The third-order valence-corrected chi connectivity index (χ3v) is 4.65. The van der Waals surface area contributed by atoms with Gasteiger partial charge in [0.2, 0.25) is 0 Å². The fourth-order valence-corrected chi connectivity index (χ4v) is 4.62. The second-order valence-electron chi connectivity index (χ2n) is 8.10. The number of aromatic nitrogens is 2. The molecule has 0 bridgehead atoms. The van der Waals surface area contributed by atoms with Crippen molar-refractivity contribution in [1.82, 2.24) is 9.38 Å². The number of anilines is 1. The smallest absolute Gasteiger partial charge is 0.153 e. The van der Waals surface area contributed by atoms with Gasteiger partial charge in [0.05, 0.1) is 10.2 Å². The highest BCUT2D eigenvalue weighted by Crippen LogP contribution is 2.33. The minimum absolute atomic E-state index is 0.00843. The van der Waals surface area contributed by atoms with Crippen molar-refractivity contribution in [2.45, 2.75) is 66.3 Å². The molecule has 0 radical (unpaired) electrons. The number of hydrogen-bond donors (Lipinski definition) is 1. The quantitative estimate of drug-likeness (QED) is 0.574. The van der Waals surface area contributed by atoms with Gasteiger partial charge in [0.25, 0.3) is 0 Å². The highest BCUT2D eigenvalue weighted by atomic mass is 79.9. The zero-order valence-electron chi connectivity index (χ0n) is 14.9. The lowest BCUT2D eigenvalue weighted by atomic mass is 9.82. The van der Waals surface area contributed by atoms with Crippen molar-refractivity contribution in [2.24, 2.45) is 5.41 Å². The lowest BCUT2D eigenvalue weighted by molar-refractivity contribution is 0.301. The van der Waals surface area contributed by atoms with Crippen LogP contribution in [0.4, 0.5) is 5.82 Å². The Morgan fingerprint density at radius 1 is 1.17 bits per heavy atom. The van der Waals surface area contributed by atoms with Crippen molar-refractivity contribution < 1.29 is 0 Å². The van der Waals surface area contributed by atoms with Gasteiger partial charge in [-0.2, -0.15) is 0 Å². The molecule has 0 aliphatic rings. The molecule has 0 saturated carbocycles. The summed E-state index contributed by atoms with van der Waals surface area (Å²) in [5, 5.41) is 3.76. The number of hydrogen-bond acceptors (Lipinski definition) is 2. The van der Waals surface area contributed by atoms with E-state index in [1.54, 1.807) is 0 Å². The van der Waals surface area contributed by atoms with Crippen molar-refractivity contribution in [3.8, 4) is 0 Å². The van der Waals surface area contributed by atoms with Gasteiger partial charge >= 0.3 is 0 Å². The van der Waals surface area contributed by atoms with Crippen molar-refractivity contribution in [3.63, 3.8) is 0 Å². The van der Waals surface area contributed by atoms with Crippen molar-refractivity contribution in [1.29, 1.82) is 0 Å². The molecule has 0 aliphatic heterocycles. The highest BCUT2D eigenvalue weighted by Gasteiger charge is 2.27. The van der Waals surface area contributed by atoms with Crippen LogP contribution in [0.2, 0.25) is 0 Å². The molecule has 128 valence electrons. The van der Waals surface area contributed by atoms with Crippen LogP contribution < -0.4 is 5.32 Å². The third kappa shape index (κ3) is 4.72. The van der Waals surface area contributed by atoms with Crippen molar-refractivity contribution in [2.75, 3.05) is 5.32 Å². The van der Waals surface area contributed by atoms with E-state index in [0.29, 0.717) is 0 Å². The zero-order valence-corrected chi connectivity index (χ0v) is 18.1. The number of aryl methyl sites for hydroxylation is 1. The summed E-state index contributed by atoms with van der Waals surface area (Å²) in [4.78, 5) is 4.86. The molecular formula is C18H27Br2N3. The van der Waals surface area contributed by atoms with E-state index in [2.05, 4.69) is 89.3 Å². The van der Waals surface area contributed by atoms with E-state index in [1.165, 1.54) is 0 Å². The molecule has 0 aliphatic carbocycles. The van der Waals surface area contributed by atoms with Gasteiger partial charge in [0, 0.05) is 16.2 Å². The summed E-state index contributed by atoms with van der Waals surface area (Å²) in [5.74, 6) is 1.11. The predicted octanol–water partition coefficient (Wildman–Crippen LogP) is 6.44. The van der Waals surface area contributed by atoms with Crippen LogP contribution in [0.25, 0.3) is 5.65 Å². The Morgan fingerprint density at radius 3 is 2.39 bits per heavy atom. The summed E-state index contributed by atoms with van der Waals surface area (Å²) < 4.78 is 4.20. The first-order valence-electron chi connectivity index (χ1n) is 8.16. The molecule has 0 atom stereocenters. The summed E-state index contributed by atoms with van der Waals surface area (Å²) in [6.07, 6.45) is 5.21. The topological polar surface area (TPSA) is 29.3 Å². The van der Waals surface area contributed by atoms with E-state index < -0.39 is 0 Å². The molecule has 3 nitrogen and oxygen atoms in total. The minimum atomic E-state index is -0.00843. The van der Waals surface area contributed by atoms with Gasteiger partial charge in [-0.25, -0.2) is 4.98 Å². The number of halogens is 2. The normalized spacial score (nSPS) is 12.9. The average molecular weight is 445 g/mol. The molecule has 0 aromatic carbocycles. The molecule has 2 rings (SSSR count). The van der Waals surface area contributed by atoms with Crippen LogP contribution in [0.1, 0.15) is 60.1 Å². The largest absolute Gasteiger partial charge is 0.365 e. The maximum atomic E-state index is 4.86. The van der Waals surface area contributed by atoms with Crippen LogP contribution in [-0.4, -0.2) is 14.9 Å². The average Bonchev–Trinajstić information content (AvgIpc) is 2.65. The Morgan fingerprint density at radius 2 is 1.83 bits per heavy atom. The fraction of sp³-hybridized carbons (Fsp3) is 0.611. The molecule has 1 N–H and O–H groups in total. The first kappa shape index (κ1) is 18.8. The van der Waals surface area contributed by atoms with Crippen LogP contribution in [0, 0.1) is 5.41 Å². The number of nitrogens with zero attached hydrogens (tertiary/aromatic N) is 2. The second-order valence-corrected chi connectivity index (χ2v) is 9.87. The lowest BCUT2D eigenvalue weighted by Crippen LogP contribution is -2.36. The Kier molecular flexibility index (Phi) is 5.51. The Balaban J connectivity index is 2.51. The Labute approximate surface area is 156 Å². The standard InChI is InChI=1S/C18H27Br2N3/c1-7-8-14-16(22-18(5,6)11-17(2,3)4)23-10-12(19)9-13(20)15(23)21-14/h9-10,22H,7-8,11H2,1-6H3. The van der Waals surface area contributed by atoms with Gasteiger partial charge in [-0.05, 0) is 70.0 Å². The molecule has 0 amide bonds. The third-order valence-electron chi connectivity index (χ3n) is 3.63. The lowest BCUT2D eigenvalue weighted by Gasteiger charge is -2.34. The maximum absolute atomic E-state index is 4.86. The molecule has 2 heterocycles. The van der Waals surface area contributed by atoms with Gasteiger partial charge < -0.3 is 5.32 Å². The van der Waals surface area contributed by atoms with E-state index in [1.807, 2.05) is 6.07 Å². The van der Waals surface area contributed by atoms with E-state index >= 15 is 0 Å². The summed E-state index contributed by atoms with van der Waals surface area (Å²) in [6, 6.07) is 2.04. The molecule has 23 heavy (non-hydrogen) atoms. The second kappa shape index (κ2) is 6.75. The summed E-state index contributed by atoms with van der Waals surface area (Å²) >= 11 is 7.22. The van der Waals surface area contributed by atoms with Gasteiger partial charge in [-0.15, -0.1) is 0 Å². The molecule has 5 heteroatoms. The van der Waals surface area contributed by atoms with Gasteiger partial charge in [0.15, 0.2) is 5.65 Å². The zero-order chi connectivity index (χ0) is 17.4. The molecule has 0 fully saturated rings. The van der Waals surface area contributed by atoms with Gasteiger partial charge in [-0.1, -0.05) is 34.1 Å². The van der Waals surface area contributed by atoms with E-state index in [0.717, 1.165) is 45.4 Å². The molecule has 2 aromatic heterocycles. The number of nitrogens with one attached hydrogen (secondary N) is 1. The Bertz CT molecular complexity index is 696. The Hall–Kier alpha value is -0.550. The predicted molar refractivity (Wildman–Crippen MR) is 106 cm³/mol. The van der Waals surface area contributed by atoms with Crippen LogP contribution in [-0.2, 0) is 6.42 Å². The maximum Gasteiger partial charge on any atom is 0.153 e. The van der Waals surface area contributed by atoms with Gasteiger partial charge in [0.1, 0.15) is 5.82 Å². The molecule has 0 spiro atoms. The number of pyridine rings is 1. The van der Waals surface area contributed by atoms with Crippen LogP contribution >= 0.6 is 31.9 Å². The number of imidazole rings is 1. The van der Waals surface area contributed by atoms with E-state index in [4.69, 9.17) is 4.98 Å². The molecule has 0 saturated heterocycles. The summed E-state index contributed by atoms with van der Waals surface area (Å²) in [6.45, 7) is 13.6. The van der Waals surface area contributed by atoms with Gasteiger partial charge in [-0.3, -0.25) is 4.40 Å². The fourth-order valence-electron chi connectivity index (χ4n) is 3.35. The molecule has 2 aromatic rings. The van der Waals surface area contributed by atoms with E-state index in [9.17, 15) is 0 Å². The summed E-state index contributed by atoms with van der Waals surface area (Å²) in [5.41, 5.74) is 2.35. The first-order valence-corrected chi connectivity index (χ1v) is 9.75.